The van der Waals surface area contributed by atoms with Gasteiger partial charge in [0.05, 0.1) is 7.11 Å². The molecule has 6 nitrogen and oxygen atoms in total. The molecule has 2 aromatic carbocycles. The fourth-order valence-corrected chi connectivity index (χ4v) is 2.50. The van der Waals surface area contributed by atoms with E-state index in [0.29, 0.717) is 28.6 Å². The molecule has 0 fully saturated rings. The number of halogens is 1. The van der Waals surface area contributed by atoms with Crippen LogP contribution in [0.5, 0.6) is 5.75 Å². The van der Waals surface area contributed by atoms with Gasteiger partial charge in [0.1, 0.15) is 28.9 Å². The third kappa shape index (κ3) is 4.78. The summed E-state index contributed by atoms with van der Waals surface area (Å²) in [5.41, 5.74) is 1.31. The summed E-state index contributed by atoms with van der Waals surface area (Å²) in [6.07, 6.45) is 0. The summed E-state index contributed by atoms with van der Waals surface area (Å²) in [7, 11) is 1.56. The minimum absolute atomic E-state index is 0.210. The maximum absolute atomic E-state index is 13.7. The zero-order valence-corrected chi connectivity index (χ0v) is 15.0. The molecule has 0 bridgehead atoms. The Morgan fingerprint density at radius 1 is 1.11 bits per heavy atom. The highest BCUT2D eigenvalue weighted by molar-refractivity contribution is 6.03. The smallest absolute Gasteiger partial charge is 0.274 e. The van der Waals surface area contributed by atoms with Gasteiger partial charge in [0.2, 0.25) is 0 Å². The van der Waals surface area contributed by atoms with E-state index in [0.717, 1.165) is 0 Å². The van der Waals surface area contributed by atoms with Gasteiger partial charge >= 0.3 is 0 Å². The lowest BCUT2D eigenvalue weighted by atomic mass is 10.2. The number of anilines is 2. The zero-order chi connectivity index (χ0) is 19.2. The van der Waals surface area contributed by atoms with Crippen LogP contribution in [0.4, 0.5) is 15.9 Å². The zero-order valence-electron chi connectivity index (χ0n) is 15.0. The SMILES string of the molecule is COc1cccc(NC(=O)c2cc(NCc3ccccc3F)nc(C)n2)c1. The number of methoxy groups -OCH3 is 1. The van der Waals surface area contributed by atoms with Crippen LogP contribution in [-0.4, -0.2) is 23.0 Å². The predicted molar refractivity (Wildman–Crippen MR) is 101 cm³/mol. The number of benzene rings is 2. The number of nitrogens with zero attached hydrogens (tertiary/aromatic N) is 2. The number of ether oxygens (including phenoxy) is 1. The molecule has 27 heavy (non-hydrogen) atoms. The van der Waals surface area contributed by atoms with Crippen molar-refractivity contribution in [2.75, 3.05) is 17.7 Å². The molecule has 0 radical (unpaired) electrons. The van der Waals surface area contributed by atoms with E-state index in [9.17, 15) is 9.18 Å². The van der Waals surface area contributed by atoms with Gasteiger partial charge in [-0.25, -0.2) is 14.4 Å². The number of carbonyl (C=O) groups excluding carboxylic acids is 1. The van der Waals surface area contributed by atoms with Crippen molar-refractivity contribution in [3.63, 3.8) is 0 Å². The molecule has 3 rings (SSSR count). The fraction of sp³-hybridized carbons (Fsp3) is 0.150. The minimum Gasteiger partial charge on any atom is -0.497 e. The van der Waals surface area contributed by atoms with Crippen molar-refractivity contribution in [3.05, 3.63) is 77.5 Å². The average Bonchev–Trinajstić information content (AvgIpc) is 2.67. The average molecular weight is 366 g/mol. The fourth-order valence-electron chi connectivity index (χ4n) is 2.50. The van der Waals surface area contributed by atoms with Gasteiger partial charge in [-0.05, 0) is 25.1 Å². The van der Waals surface area contributed by atoms with E-state index in [4.69, 9.17) is 4.74 Å². The molecular weight excluding hydrogens is 347 g/mol. The quantitative estimate of drug-likeness (QED) is 0.694. The van der Waals surface area contributed by atoms with Crippen LogP contribution in [0.25, 0.3) is 0 Å². The largest absolute Gasteiger partial charge is 0.497 e. The summed E-state index contributed by atoms with van der Waals surface area (Å²) < 4.78 is 18.9. The number of carbonyl (C=O) groups is 1. The van der Waals surface area contributed by atoms with Gasteiger partial charge in [0.25, 0.3) is 5.91 Å². The van der Waals surface area contributed by atoms with Gasteiger partial charge in [-0.3, -0.25) is 4.79 Å². The molecule has 1 aromatic heterocycles. The van der Waals surface area contributed by atoms with E-state index in [1.807, 2.05) is 0 Å². The monoisotopic (exact) mass is 366 g/mol. The number of aryl methyl sites for hydroxylation is 1. The van der Waals surface area contributed by atoms with Gasteiger partial charge < -0.3 is 15.4 Å². The topological polar surface area (TPSA) is 76.1 Å². The molecule has 0 spiro atoms. The standard InChI is InChI=1S/C20H19FN4O2/c1-13-23-18(20(26)25-15-7-5-8-16(10-15)27-2)11-19(24-13)22-12-14-6-3-4-9-17(14)21/h3-11H,12H2,1-2H3,(H,25,26)(H,22,23,24). The Kier molecular flexibility index (Phi) is 5.61. The van der Waals surface area contributed by atoms with Gasteiger partial charge in [-0.15, -0.1) is 0 Å². The van der Waals surface area contributed by atoms with E-state index in [-0.39, 0.29) is 24.0 Å². The maximum Gasteiger partial charge on any atom is 0.274 e. The van der Waals surface area contributed by atoms with Crippen LogP contribution in [0.2, 0.25) is 0 Å². The molecule has 0 aliphatic carbocycles. The highest BCUT2D eigenvalue weighted by Crippen LogP contribution is 2.18. The number of rotatable bonds is 6. The van der Waals surface area contributed by atoms with Crippen molar-refractivity contribution < 1.29 is 13.9 Å². The predicted octanol–water partition coefficient (Wildman–Crippen LogP) is 3.80. The highest BCUT2D eigenvalue weighted by atomic mass is 19.1. The molecule has 2 N–H and O–H groups in total. The lowest BCUT2D eigenvalue weighted by molar-refractivity contribution is 0.102. The summed E-state index contributed by atoms with van der Waals surface area (Å²) in [5, 5.41) is 5.80. The first-order chi connectivity index (χ1) is 13.0. The van der Waals surface area contributed by atoms with E-state index in [2.05, 4.69) is 20.6 Å². The van der Waals surface area contributed by atoms with Gasteiger partial charge in [0.15, 0.2) is 0 Å². The van der Waals surface area contributed by atoms with Crippen molar-refractivity contribution >= 4 is 17.4 Å². The third-order valence-corrected chi connectivity index (χ3v) is 3.82. The molecule has 0 unspecified atom stereocenters. The lowest BCUT2D eigenvalue weighted by Gasteiger charge is -2.10. The second-order valence-corrected chi connectivity index (χ2v) is 5.82. The molecule has 0 saturated heterocycles. The molecular formula is C20H19FN4O2. The normalized spacial score (nSPS) is 10.3. The Morgan fingerprint density at radius 2 is 1.93 bits per heavy atom. The Bertz CT molecular complexity index is 962. The number of hydrogen-bond donors (Lipinski definition) is 2. The number of hydrogen-bond acceptors (Lipinski definition) is 5. The molecule has 1 amide bonds. The maximum atomic E-state index is 13.7. The molecule has 7 heteroatoms. The van der Waals surface area contributed by atoms with Crippen molar-refractivity contribution in [1.29, 1.82) is 0 Å². The molecule has 1 heterocycles. The lowest BCUT2D eigenvalue weighted by Crippen LogP contribution is -2.16. The molecule has 0 aliphatic heterocycles. The molecule has 3 aromatic rings. The van der Waals surface area contributed by atoms with Crippen LogP contribution in [0.3, 0.4) is 0 Å². The van der Waals surface area contributed by atoms with Crippen molar-refractivity contribution in [2.24, 2.45) is 0 Å². The number of nitrogens with one attached hydrogen (secondary N) is 2. The van der Waals surface area contributed by atoms with E-state index >= 15 is 0 Å². The Balaban J connectivity index is 1.74. The van der Waals surface area contributed by atoms with Gasteiger partial charge in [0, 0.05) is 29.9 Å². The first-order valence-corrected chi connectivity index (χ1v) is 8.33. The summed E-state index contributed by atoms with van der Waals surface area (Å²) in [4.78, 5) is 20.9. The first-order valence-electron chi connectivity index (χ1n) is 8.33. The second-order valence-electron chi connectivity index (χ2n) is 5.82. The second kappa shape index (κ2) is 8.27. The van der Waals surface area contributed by atoms with Crippen LogP contribution in [0, 0.1) is 12.7 Å². The third-order valence-electron chi connectivity index (χ3n) is 3.82. The summed E-state index contributed by atoms with van der Waals surface area (Å²) >= 11 is 0. The number of aromatic nitrogens is 2. The Morgan fingerprint density at radius 3 is 2.70 bits per heavy atom. The van der Waals surface area contributed by atoms with Gasteiger partial charge in [-0.2, -0.15) is 0 Å². The van der Waals surface area contributed by atoms with E-state index in [1.54, 1.807) is 56.5 Å². The molecule has 0 saturated carbocycles. The van der Waals surface area contributed by atoms with E-state index < -0.39 is 0 Å². The van der Waals surface area contributed by atoms with Crippen molar-refractivity contribution in [2.45, 2.75) is 13.5 Å². The Labute approximate surface area is 156 Å². The molecule has 138 valence electrons. The van der Waals surface area contributed by atoms with Crippen LogP contribution in [-0.2, 0) is 6.54 Å². The molecule has 0 atom stereocenters. The van der Waals surface area contributed by atoms with Crippen LogP contribution >= 0.6 is 0 Å². The van der Waals surface area contributed by atoms with Crippen molar-refractivity contribution in [1.82, 2.24) is 9.97 Å². The number of amides is 1. The van der Waals surface area contributed by atoms with Crippen LogP contribution < -0.4 is 15.4 Å². The summed E-state index contributed by atoms with van der Waals surface area (Å²) in [6, 6.07) is 15.0. The highest BCUT2D eigenvalue weighted by Gasteiger charge is 2.12. The van der Waals surface area contributed by atoms with Crippen LogP contribution in [0.15, 0.2) is 54.6 Å². The van der Waals surface area contributed by atoms with Gasteiger partial charge in [-0.1, -0.05) is 24.3 Å². The summed E-state index contributed by atoms with van der Waals surface area (Å²) in [6.45, 7) is 1.94. The first kappa shape index (κ1) is 18.3. The van der Waals surface area contributed by atoms with E-state index in [1.165, 1.54) is 12.1 Å². The van der Waals surface area contributed by atoms with Crippen LogP contribution in [0.1, 0.15) is 21.9 Å². The molecule has 0 aliphatic rings. The minimum atomic E-state index is -0.373. The summed E-state index contributed by atoms with van der Waals surface area (Å²) in [5.74, 6) is 0.847. The van der Waals surface area contributed by atoms with Crippen molar-refractivity contribution in [3.8, 4) is 5.75 Å². The Hall–Kier alpha value is -3.48.